The minimum Gasteiger partial charge on any atom is -0.462 e. The van der Waals surface area contributed by atoms with E-state index in [1.165, 1.54) is 23.5 Å². The fourth-order valence-electron chi connectivity index (χ4n) is 4.18. The van der Waals surface area contributed by atoms with Crippen LogP contribution in [0, 0.1) is 5.82 Å². The topological polar surface area (TPSA) is 93.5 Å². The average molecular weight is 603 g/mol. The number of fused-ring (bicyclic) bond motifs is 1. The number of likely N-dealkylation sites (N-methyl/N-ethyl adjacent to an activating group) is 1. The molecule has 0 amide bonds. The van der Waals surface area contributed by atoms with Gasteiger partial charge in [0.1, 0.15) is 17.4 Å². The number of carbonyl (C=O) groups is 2. The van der Waals surface area contributed by atoms with Crippen LogP contribution < -0.4 is 4.90 Å². The molecule has 0 bridgehead atoms. The molecule has 43 heavy (non-hydrogen) atoms. The third-order valence-electron chi connectivity index (χ3n) is 6.61. The summed E-state index contributed by atoms with van der Waals surface area (Å²) in [6.45, 7) is 11.2. The Balaban J connectivity index is 1.38. The zero-order valence-corrected chi connectivity index (χ0v) is 25.5. The van der Waals surface area contributed by atoms with Crippen LogP contribution in [0.5, 0.6) is 0 Å². The lowest BCUT2D eigenvalue weighted by Crippen LogP contribution is -2.28. The Kier molecular flexibility index (Phi) is 11.1. The minimum atomic E-state index is -0.654. The maximum Gasteiger partial charge on any atom is 0.341 e. The van der Waals surface area contributed by atoms with Gasteiger partial charge in [-0.3, -0.25) is 0 Å². The van der Waals surface area contributed by atoms with E-state index in [1.54, 1.807) is 6.92 Å². The monoisotopic (exact) mass is 602 g/mol. The van der Waals surface area contributed by atoms with Gasteiger partial charge in [0.2, 0.25) is 0 Å². The van der Waals surface area contributed by atoms with Gasteiger partial charge in [0.05, 0.1) is 40.3 Å². The van der Waals surface area contributed by atoms with Crippen molar-refractivity contribution in [1.82, 2.24) is 4.98 Å². The summed E-state index contributed by atoms with van der Waals surface area (Å²) in [5, 5.41) is 9.39. The second kappa shape index (κ2) is 15.2. The number of aromatic nitrogens is 1. The summed E-state index contributed by atoms with van der Waals surface area (Å²) in [7, 11) is 0. The van der Waals surface area contributed by atoms with Crippen LogP contribution in [0.25, 0.3) is 20.8 Å². The molecule has 0 atom stereocenters. The number of unbranched alkanes of at least 4 members (excludes halogenated alkanes) is 2. The van der Waals surface area contributed by atoms with Crippen molar-refractivity contribution >= 4 is 50.6 Å². The highest BCUT2D eigenvalue weighted by Gasteiger charge is 2.17. The normalized spacial score (nSPS) is 11.2. The van der Waals surface area contributed by atoms with Gasteiger partial charge >= 0.3 is 11.9 Å². The lowest BCUT2D eigenvalue weighted by atomic mass is 10.2. The summed E-state index contributed by atoms with van der Waals surface area (Å²) < 4.78 is 25.8. The number of rotatable bonds is 14. The lowest BCUT2D eigenvalue weighted by molar-refractivity contribution is -0.138. The van der Waals surface area contributed by atoms with E-state index in [1.807, 2.05) is 55.5 Å². The summed E-state index contributed by atoms with van der Waals surface area (Å²) in [6, 6.07) is 17.9. The van der Waals surface area contributed by atoms with E-state index in [4.69, 9.17) is 9.47 Å². The van der Waals surface area contributed by atoms with Crippen molar-refractivity contribution in [3.05, 3.63) is 84.2 Å². The zero-order chi connectivity index (χ0) is 30.8. The zero-order valence-electron chi connectivity index (χ0n) is 24.6. The molecule has 0 radical (unpaired) electrons. The molecule has 0 aliphatic heterocycles. The Labute approximate surface area is 254 Å². The van der Waals surface area contributed by atoms with Gasteiger partial charge in [0.25, 0.3) is 0 Å². The molecule has 224 valence electrons. The number of halogens is 1. The standard InChI is InChI=1S/C33H35FN4O4S/c1-5-7-8-18-41-33(40)27-20-30-29(21-28(27)34)35-31(43-30)23-9-11-24(12-10-23)36-37-25-13-15-26(16-14-25)38(6-2)17-19-42-32(39)22(3)4/h9-16,20-21H,3,5-8,17-19H2,1-2,4H3. The van der Waals surface area contributed by atoms with Crippen LogP contribution in [0.1, 0.15) is 50.4 Å². The first-order valence-electron chi connectivity index (χ1n) is 14.3. The molecule has 0 aliphatic rings. The van der Waals surface area contributed by atoms with E-state index in [0.717, 1.165) is 37.1 Å². The second-order valence-electron chi connectivity index (χ2n) is 9.92. The molecular formula is C33H35FN4O4S. The van der Waals surface area contributed by atoms with Crippen molar-refractivity contribution in [3.63, 3.8) is 0 Å². The Bertz CT molecular complexity index is 1600. The molecule has 3 aromatic carbocycles. The van der Waals surface area contributed by atoms with Crippen molar-refractivity contribution < 1.29 is 23.5 Å². The molecule has 4 rings (SSSR count). The maximum absolute atomic E-state index is 14.6. The summed E-state index contributed by atoms with van der Waals surface area (Å²) in [5.41, 5.74) is 4.00. The molecule has 8 nitrogen and oxygen atoms in total. The maximum atomic E-state index is 14.6. The average Bonchev–Trinajstić information content (AvgIpc) is 3.43. The number of thiazole rings is 1. The highest BCUT2D eigenvalue weighted by molar-refractivity contribution is 7.21. The van der Waals surface area contributed by atoms with Crippen molar-refractivity contribution in [3.8, 4) is 10.6 Å². The van der Waals surface area contributed by atoms with E-state index in [2.05, 4.69) is 33.6 Å². The van der Waals surface area contributed by atoms with Gasteiger partial charge < -0.3 is 14.4 Å². The number of carbonyl (C=O) groups excluding carboxylic acids is 2. The Hall–Kier alpha value is -4.44. The first kappa shape index (κ1) is 31.5. The van der Waals surface area contributed by atoms with Crippen molar-refractivity contribution in [2.75, 3.05) is 31.2 Å². The summed E-state index contributed by atoms with van der Waals surface area (Å²) in [4.78, 5) is 30.6. The van der Waals surface area contributed by atoms with E-state index in [0.29, 0.717) is 38.7 Å². The number of nitrogens with zero attached hydrogens (tertiary/aromatic N) is 4. The third-order valence-corrected chi connectivity index (χ3v) is 7.68. The smallest absolute Gasteiger partial charge is 0.341 e. The first-order chi connectivity index (χ1) is 20.8. The number of azo groups is 1. The van der Waals surface area contributed by atoms with Crippen LogP contribution in [0.2, 0.25) is 0 Å². The molecule has 0 unspecified atom stereocenters. The number of hydrogen-bond donors (Lipinski definition) is 0. The fourth-order valence-corrected chi connectivity index (χ4v) is 5.17. The molecule has 4 aromatic rings. The largest absolute Gasteiger partial charge is 0.462 e. The van der Waals surface area contributed by atoms with Crippen LogP contribution in [0.3, 0.4) is 0 Å². The SMILES string of the molecule is C=C(C)C(=O)OCCN(CC)c1ccc(N=Nc2ccc(-c3nc4cc(F)c(C(=O)OCCCCC)cc4s3)cc2)cc1. The van der Waals surface area contributed by atoms with Crippen LogP contribution in [-0.4, -0.2) is 43.2 Å². The van der Waals surface area contributed by atoms with E-state index in [-0.39, 0.29) is 24.7 Å². The molecule has 0 N–H and O–H groups in total. The predicted octanol–water partition coefficient (Wildman–Crippen LogP) is 8.81. The number of hydrogen-bond acceptors (Lipinski definition) is 9. The number of esters is 2. The van der Waals surface area contributed by atoms with Crippen molar-refractivity contribution in [2.24, 2.45) is 10.2 Å². The van der Waals surface area contributed by atoms with Crippen LogP contribution >= 0.6 is 11.3 Å². The molecule has 1 heterocycles. The molecule has 0 spiro atoms. The van der Waals surface area contributed by atoms with Gasteiger partial charge in [-0.15, -0.1) is 11.3 Å². The molecular weight excluding hydrogens is 567 g/mol. The molecule has 1 aromatic heterocycles. The Morgan fingerprint density at radius 3 is 2.26 bits per heavy atom. The van der Waals surface area contributed by atoms with Crippen LogP contribution in [0.4, 0.5) is 21.5 Å². The highest BCUT2D eigenvalue weighted by atomic mass is 32.1. The van der Waals surface area contributed by atoms with Crippen molar-refractivity contribution in [2.45, 2.75) is 40.0 Å². The molecule has 10 heteroatoms. The molecule has 0 saturated heterocycles. The summed E-state index contributed by atoms with van der Waals surface area (Å²) in [5.74, 6) is -1.68. The van der Waals surface area contributed by atoms with Crippen LogP contribution in [0.15, 0.2) is 83.0 Å². The number of anilines is 1. The van der Waals surface area contributed by atoms with Gasteiger partial charge in [-0.25, -0.2) is 19.0 Å². The van der Waals surface area contributed by atoms with Crippen LogP contribution in [-0.2, 0) is 14.3 Å². The van der Waals surface area contributed by atoms with Crippen molar-refractivity contribution in [1.29, 1.82) is 0 Å². The first-order valence-corrected chi connectivity index (χ1v) is 15.1. The summed E-state index contributed by atoms with van der Waals surface area (Å²) >= 11 is 1.38. The minimum absolute atomic E-state index is 0.0745. The van der Waals surface area contributed by atoms with E-state index in [9.17, 15) is 14.0 Å². The second-order valence-corrected chi connectivity index (χ2v) is 11.0. The molecule has 0 fully saturated rings. The summed E-state index contributed by atoms with van der Waals surface area (Å²) in [6.07, 6.45) is 2.72. The number of ether oxygens (including phenoxy) is 2. The van der Waals surface area contributed by atoms with Gasteiger partial charge in [0.15, 0.2) is 0 Å². The lowest BCUT2D eigenvalue weighted by Gasteiger charge is -2.22. The van der Waals surface area contributed by atoms with E-state index >= 15 is 0 Å². The van der Waals surface area contributed by atoms with Gasteiger partial charge in [-0.1, -0.05) is 26.3 Å². The third kappa shape index (κ3) is 8.54. The molecule has 0 aliphatic carbocycles. The van der Waals surface area contributed by atoms with Gasteiger partial charge in [-0.2, -0.15) is 10.2 Å². The molecule has 0 saturated carbocycles. The Morgan fingerprint density at radius 2 is 1.63 bits per heavy atom. The Morgan fingerprint density at radius 1 is 0.953 bits per heavy atom. The van der Waals surface area contributed by atoms with Gasteiger partial charge in [0, 0.05) is 29.4 Å². The van der Waals surface area contributed by atoms with Gasteiger partial charge in [-0.05, 0) is 74.9 Å². The van der Waals surface area contributed by atoms with E-state index < -0.39 is 11.8 Å². The number of benzene rings is 3. The quantitative estimate of drug-likeness (QED) is 0.0620. The predicted molar refractivity (Wildman–Crippen MR) is 169 cm³/mol. The fraction of sp³-hybridized carbons (Fsp3) is 0.303. The highest BCUT2D eigenvalue weighted by Crippen LogP contribution is 2.33.